The molecule has 0 aliphatic carbocycles. The second-order valence-corrected chi connectivity index (χ2v) is 9.09. The maximum Gasteiger partial charge on any atom is 0.254 e. The lowest BCUT2D eigenvalue weighted by molar-refractivity contribution is -0.116. The number of aryl methyl sites for hydroxylation is 2. The van der Waals surface area contributed by atoms with Crippen LogP contribution in [0.1, 0.15) is 43.5 Å². The van der Waals surface area contributed by atoms with Crippen molar-refractivity contribution in [1.82, 2.24) is 15.0 Å². The number of hydrogen-bond donors (Lipinski definition) is 2. The number of amides is 1. The Kier molecular flexibility index (Phi) is 7.63. The number of carbonyl (C=O) groups is 1. The average Bonchev–Trinajstić information content (AvgIpc) is 2.75. The van der Waals surface area contributed by atoms with E-state index in [0.717, 1.165) is 23.2 Å². The highest BCUT2D eigenvalue weighted by atomic mass is 32.2. The normalized spacial score (nSPS) is 11.9. The fourth-order valence-corrected chi connectivity index (χ4v) is 4.19. The summed E-state index contributed by atoms with van der Waals surface area (Å²) >= 11 is 1.83. The van der Waals surface area contributed by atoms with Crippen LogP contribution in [0.2, 0.25) is 0 Å². The van der Waals surface area contributed by atoms with Gasteiger partial charge in [0.05, 0.1) is 0 Å². The van der Waals surface area contributed by atoms with Crippen molar-refractivity contribution in [3.8, 4) is 11.4 Å². The van der Waals surface area contributed by atoms with E-state index in [-0.39, 0.29) is 17.9 Å². The van der Waals surface area contributed by atoms with Crippen LogP contribution in [-0.2, 0) is 11.2 Å². The van der Waals surface area contributed by atoms with Crippen molar-refractivity contribution in [2.45, 2.75) is 57.1 Å². The number of H-pyrrole nitrogens is 1. The molecule has 1 atom stereocenters. The van der Waals surface area contributed by atoms with Crippen LogP contribution >= 0.6 is 11.8 Å². The number of benzene rings is 1. The minimum Gasteiger partial charge on any atom is -0.326 e. The first-order valence-electron chi connectivity index (χ1n) is 10.4. The minimum absolute atomic E-state index is 0.123. The smallest absolute Gasteiger partial charge is 0.254 e. The number of hydrogen-bond acceptors (Lipinski definition) is 5. The monoisotopic (exact) mass is 436 g/mol. The summed E-state index contributed by atoms with van der Waals surface area (Å²) < 4.78 is 0. The molecule has 3 rings (SSSR count). The van der Waals surface area contributed by atoms with E-state index in [1.807, 2.05) is 30.8 Å². The fourth-order valence-electron chi connectivity index (χ4n) is 3.17. The number of aromatic nitrogens is 3. The molecule has 1 unspecified atom stereocenters. The molecule has 0 saturated carbocycles. The molecular formula is C24H28N4O2S. The molecule has 31 heavy (non-hydrogen) atoms. The molecule has 1 amide bonds. The molecule has 2 aromatic heterocycles. The van der Waals surface area contributed by atoms with Gasteiger partial charge in [-0.2, -0.15) is 0 Å². The molecule has 7 heteroatoms. The highest BCUT2D eigenvalue weighted by Crippen LogP contribution is 2.28. The molecule has 3 aromatic rings. The third-order valence-corrected chi connectivity index (χ3v) is 6.42. The molecule has 0 radical (unpaired) electrons. The first-order chi connectivity index (χ1) is 14.9. The van der Waals surface area contributed by atoms with Gasteiger partial charge in [0.2, 0.25) is 5.91 Å². The second-order valence-electron chi connectivity index (χ2n) is 7.58. The molecule has 2 N–H and O–H groups in total. The van der Waals surface area contributed by atoms with Crippen LogP contribution in [0.25, 0.3) is 11.4 Å². The number of thioether (sulfide) groups is 1. The standard InChI is InChI=1S/C24H28N4O2S/c1-5-16(3)31-19-6-8-21(15(2)14-19)27-22(29)9-7-20-17(4)26-23(28-24(20)30)18-10-12-25-13-11-18/h6,8,10-14,16H,5,7,9H2,1-4H3,(H,27,29)(H,26,28,30). The second kappa shape index (κ2) is 10.4. The van der Waals surface area contributed by atoms with E-state index in [9.17, 15) is 9.59 Å². The van der Waals surface area contributed by atoms with Crippen molar-refractivity contribution in [2.75, 3.05) is 5.32 Å². The maximum atomic E-state index is 12.6. The number of nitrogens with zero attached hydrogens (tertiary/aromatic N) is 2. The minimum atomic E-state index is -0.213. The van der Waals surface area contributed by atoms with E-state index in [4.69, 9.17) is 0 Å². The molecule has 2 heterocycles. The van der Waals surface area contributed by atoms with E-state index in [1.165, 1.54) is 4.90 Å². The lowest BCUT2D eigenvalue weighted by Crippen LogP contribution is -2.20. The highest BCUT2D eigenvalue weighted by Gasteiger charge is 2.13. The molecule has 162 valence electrons. The van der Waals surface area contributed by atoms with Crippen molar-refractivity contribution < 1.29 is 4.79 Å². The van der Waals surface area contributed by atoms with Crippen molar-refractivity contribution in [1.29, 1.82) is 0 Å². The molecule has 0 aliphatic heterocycles. The zero-order valence-corrected chi connectivity index (χ0v) is 19.2. The summed E-state index contributed by atoms with van der Waals surface area (Å²) in [6.07, 6.45) is 4.96. The third kappa shape index (κ3) is 6.04. The van der Waals surface area contributed by atoms with Crippen molar-refractivity contribution in [3.05, 3.63) is 69.9 Å². The first kappa shape index (κ1) is 22.7. The Morgan fingerprint density at radius 1 is 1.19 bits per heavy atom. The van der Waals surface area contributed by atoms with Gasteiger partial charge in [-0.3, -0.25) is 14.6 Å². The van der Waals surface area contributed by atoms with E-state index in [1.54, 1.807) is 31.5 Å². The molecular weight excluding hydrogens is 408 g/mol. The summed E-state index contributed by atoms with van der Waals surface area (Å²) in [6.45, 7) is 8.17. The van der Waals surface area contributed by atoms with Crippen LogP contribution < -0.4 is 10.9 Å². The first-order valence-corrected chi connectivity index (χ1v) is 11.3. The number of nitrogens with one attached hydrogen (secondary N) is 2. The van der Waals surface area contributed by atoms with Gasteiger partial charge in [0.15, 0.2) is 0 Å². The van der Waals surface area contributed by atoms with E-state index in [2.05, 4.69) is 40.2 Å². The van der Waals surface area contributed by atoms with Gasteiger partial charge in [-0.05, 0) is 62.6 Å². The summed E-state index contributed by atoms with van der Waals surface area (Å²) in [4.78, 5) is 37.6. The van der Waals surface area contributed by atoms with Gasteiger partial charge in [-0.25, -0.2) is 4.98 Å². The zero-order chi connectivity index (χ0) is 22.4. The van der Waals surface area contributed by atoms with Crippen LogP contribution in [0.5, 0.6) is 0 Å². The molecule has 0 fully saturated rings. The lowest BCUT2D eigenvalue weighted by atomic mass is 10.1. The lowest BCUT2D eigenvalue weighted by Gasteiger charge is -2.13. The fraction of sp³-hybridized carbons (Fsp3) is 0.333. The van der Waals surface area contributed by atoms with E-state index >= 15 is 0 Å². The average molecular weight is 437 g/mol. The van der Waals surface area contributed by atoms with Crippen molar-refractivity contribution in [2.24, 2.45) is 0 Å². The van der Waals surface area contributed by atoms with Crippen LogP contribution in [0, 0.1) is 13.8 Å². The summed E-state index contributed by atoms with van der Waals surface area (Å²) in [5, 5.41) is 3.52. The molecule has 0 saturated heterocycles. The van der Waals surface area contributed by atoms with E-state index < -0.39 is 0 Å². The van der Waals surface area contributed by atoms with Crippen LogP contribution in [0.15, 0.2) is 52.4 Å². The summed E-state index contributed by atoms with van der Waals surface area (Å²) in [7, 11) is 0. The predicted molar refractivity (Wildman–Crippen MR) is 127 cm³/mol. The van der Waals surface area contributed by atoms with Crippen LogP contribution in [0.3, 0.4) is 0 Å². The zero-order valence-electron chi connectivity index (χ0n) is 18.4. The van der Waals surface area contributed by atoms with Gasteiger partial charge >= 0.3 is 0 Å². The van der Waals surface area contributed by atoms with Gasteiger partial charge < -0.3 is 10.3 Å². The molecule has 1 aromatic carbocycles. The van der Waals surface area contributed by atoms with Gasteiger partial charge in [0.1, 0.15) is 5.82 Å². The van der Waals surface area contributed by atoms with Gasteiger partial charge in [0, 0.05) is 51.5 Å². The van der Waals surface area contributed by atoms with Crippen LogP contribution in [-0.4, -0.2) is 26.1 Å². The number of aromatic amines is 1. The molecule has 6 nitrogen and oxygen atoms in total. The number of rotatable bonds is 8. The Bertz CT molecular complexity index is 1110. The predicted octanol–water partition coefficient (Wildman–Crippen LogP) is 4.91. The molecule has 0 spiro atoms. The van der Waals surface area contributed by atoms with Gasteiger partial charge in [-0.1, -0.05) is 13.8 Å². The Morgan fingerprint density at radius 2 is 1.94 bits per heavy atom. The Hall–Kier alpha value is -2.93. The highest BCUT2D eigenvalue weighted by molar-refractivity contribution is 7.99. The number of pyridine rings is 1. The maximum absolute atomic E-state index is 12.6. The van der Waals surface area contributed by atoms with Crippen LogP contribution in [0.4, 0.5) is 5.69 Å². The topological polar surface area (TPSA) is 87.7 Å². The Labute approximate surface area is 186 Å². The SMILES string of the molecule is CCC(C)Sc1ccc(NC(=O)CCc2c(C)nc(-c3ccncc3)[nH]c2=O)c(C)c1. The Morgan fingerprint density at radius 3 is 2.58 bits per heavy atom. The van der Waals surface area contributed by atoms with E-state index in [0.29, 0.717) is 28.8 Å². The van der Waals surface area contributed by atoms with Gasteiger partial charge in [0.25, 0.3) is 5.56 Å². The molecule has 0 aliphatic rings. The van der Waals surface area contributed by atoms with Crippen molar-refractivity contribution >= 4 is 23.4 Å². The summed E-state index contributed by atoms with van der Waals surface area (Å²) in [6, 6.07) is 9.67. The van der Waals surface area contributed by atoms with Gasteiger partial charge in [-0.15, -0.1) is 11.8 Å². The molecule has 0 bridgehead atoms. The number of anilines is 1. The largest absolute Gasteiger partial charge is 0.326 e. The third-order valence-electron chi connectivity index (χ3n) is 5.16. The quantitative estimate of drug-likeness (QED) is 0.490. The Balaban J connectivity index is 1.64. The summed E-state index contributed by atoms with van der Waals surface area (Å²) in [5.41, 5.74) is 3.57. The van der Waals surface area contributed by atoms with Crippen molar-refractivity contribution in [3.63, 3.8) is 0 Å². The summed E-state index contributed by atoms with van der Waals surface area (Å²) in [5.74, 6) is 0.381. The number of carbonyl (C=O) groups excluding carboxylic acids is 1.